The molecule has 0 aromatic heterocycles. The predicted octanol–water partition coefficient (Wildman–Crippen LogP) is 2.77. The van der Waals surface area contributed by atoms with Crippen molar-refractivity contribution in [1.29, 1.82) is 0 Å². The second kappa shape index (κ2) is 12.9. The van der Waals surface area contributed by atoms with Gasteiger partial charge in [0, 0.05) is 31.6 Å². The number of carbonyl (C=O) groups is 4. The predicted molar refractivity (Wildman–Crippen MR) is 124 cm³/mol. The van der Waals surface area contributed by atoms with E-state index in [2.05, 4.69) is 15.4 Å². The van der Waals surface area contributed by atoms with Crippen molar-refractivity contribution in [2.24, 2.45) is 5.92 Å². The molecule has 1 aliphatic rings. The van der Waals surface area contributed by atoms with Gasteiger partial charge >= 0.3 is 12.0 Å². The Balaban J connectivity index is 1.53. The van der Waals surface area contributed by atoms with Crippen molar-refractivity contribution in [3.8, 4) is 5.75 Å². The number of urea groups is 1. The van der Waals surface area contributed by atoms with E-state index in [-0.39, 0.29) is 38.0 Å². The molecule has 0 saturated carbocycles. The first-order chi connectivity index (χ1) is 18.1. The van der Waals surface area contributed by atoms with Crippen LogP contribution in [0.2, 0.25) is 0 Å². The maximum absolute atomic E-state index is 13.8. The van der Waals surface area contributed by atoms with Crippen LogP contribution in [-0.2, 0) is 20.9 Å². The first-order valence-corrected chi connectivity index (χ1v) is 11.6. The Morgan fingerprint density at radius 2 is 1.61 bits per heavy atom. The van der Waals surface area contributed by atoms with Crippen LogP contribution in [0.3, 0.4) is 0 Å². The van der Waals surface area contributed by atoms with Crippen LogP contribution in [0.25, 0.3) is 0 Å². The molecule has 1 fully saturated rings. The van der Waals surface area contributed by atoms with Gasteiger partial charge in [0.1, 0.15) is 12.6 Å². The number of hydrogen-bond acceptors (Lipinski definition) is 5. The minimum atomic E-state index is -1.87. The molecule has 0 aliphatic carbocycles. The van der Waals surface area contributed by atoms with Crippen molar-refractivity contribution in [3.63, 3.8) is 0 Å². The standard InChI is InChI=1S/C25H25F4N3O6/c26-16-10-17(27)22(29)23(21(16)28)38-13-19(33)18(11-20(34)35)31-24(36)15-6-8-32(9-7-15)25(37)30-12-14-4-2-1-3-5-14/h1-5,10,15,18H,6-9,11-13H2,(H,30,37)(H,31,36)(H,34,35)/t18-/m0/s1. The van der Waals surface area contributed by atoms with Crippen LogP contribution in [0.1, 0.15) is 24.8 Å². The fraction of sp³-hybridized carbons (Fsp3) is 0.360. The van der Waals surface area contributed by atoms with E-state index in [1.54, 1.807) is 0 Å². The van der Waals surface area contributed by atoms with Crippen molar-refractivity contribution in [2.75, 3.05) is 19.7 Å². The molecule has 38 heavy (non-hydrogen) atoms. The van der Waals surface area contributed by atoms with E-state index >= 15 is 0 Å². The summed E-state index contributed by atoms with van der Waals surface area (Å²) in [5.74, 6) is -12.5. The molecule has 1 aliphatic heterocycles. The molecule has 0 spiro atoms. The molecular formula is C25H25F4N3O6. The highest BCUT2D eigenvalue weighted by Gasteiger charge is 2.32. The third-order valence-electron chi connectivity index (χ3n) is 5.95. The quantitative estimate of drug-likeness (QED) is 0.315. The lowest BCUT2D eigenvalue weighted by atomic mass is 9.95. The molecule has 3 N–H and O–H groups in total. The summed E-state index contributed by atoms with van der Waals surface area (Å²) in [5, 5.41) is 14.2. The van der Waals surface area contributed by atoms with Crippen LogP contribution < -0.4 is 15.4 Å². The lowest BCUT2D eigenvalue weighted by Gasteiger charge is -2.32. The molecule has 3 amide bonds. The van der Waals surface area contributed by atoms with E-state index in [9.17, 15) is 36.7 Å². The van der Waals surface area contributed by atoms with Crippen molar-refractivity contribution < 1.29 is 46.6 Å². The van der Waals surface area contributed by atoms with E-state index in [0.29, 0.717) is 6.54 Å². The lowest BCUT2D eigenvalue weighted by Crippen LogP contribution is -2.50. The van der Waals surface area contributed by atoms with Gasteiger partial charge in [-0.15, -0.1) is 0 Å². The Kier molecular flexibility index (Phi) is 9.63. The summed E-state index contributed by atoms with van der Waals surface area (Å²) in [6, 6.07) is 7.29. The number of Topliss-reactive ketones (excluding diaryl/α,β-unsaturated/α-hetero) is 1. The first-order valence-electron chi connectivity index (χ1n) is 11.6. The molecule has 2 aromatic carbocycles. The third kappa shape index (κ3) is 7.43. The summed E-state index contributed by atoms with van der Waals surface area (Å²) < 4.78 is 58.8. The molecule has 2 aromatic rings. The van der Waals surface area contributed by atoms with Crippen LogP contribution >= 0.6 is 0 Å². The number of aliphatic carboxylic acids is 1. The zero-order chi connectivity index (χ0) is 27.8. The number of likely N-dealkylation sites (tertiary alicyclic amines) is 1. The van der Waals surface area contributed by atoms with Gasteiger partial charge in [-0.05, 0) is 18.4 Å². The highest BCUT2D eigenvalue weighted by Crippen LogP contribution is 2.26. The molecule has 3 rings (SSSR count). The van der Waals surface area contributed by atoms with Gasteiger partial charge in [0.25, 0.3) is 0 Å². The maximum Gasteiger partial charge on any atom is 0.317 e. The van der Waals surface area contributed by atoms with Gasteiger partial charge in [0.2, 0.25) is 17.5 Å². The molecule has 1 saturated heterocycles. The maximum atomic E-state index is 13.8. The zero-order valence-electron chi connectivity index (χ0n) is 20.0. The van der Waals surface area contributed by atoms with Gasteiger partial charge < -0.3 is 25.4 Å². The normalized spacial score (nSPS) is 14.5. The average molecular weight is 539 g/mol. The molecule has 0 radical (unpaired) electrons. The van der Waals surface area contributed by atoms with Gasteiger partial charge in [-0.3, -0.25) is 14.4 Å². The number of hydrogen-bond donors (Lipinski definition) is 3. The van der Waals surface area contributed by atoms with E-state index in [1.807, 2.05) is 30.3 Å². The Labute approximate surface area is 214 Å². The molecule has 204 valence electrons. The molecule has 0 unspecified atom stereocenters. The molecule has 13 heteroatoms. The summed E-state index contributed by atoms with van der Waals surface area (Å²) in [6.07, 6.45) is -0.376. The number of rotatable bonds is 10. The fourth-order valence-electron chi connectivity index (χ4n) is 3.86. The van der Waals surface area contributed by atoms with Gasteiger partial charge in [0.05, 0.1) is 6.42 Å². The highest BCUT2D eigenvalue weighted by atomic mass is 19.2. The van der Waals surface area contributed by atoms with Crippen LogP contribution in [0.15, 0.2) is 36.4 Å². The van der Waals surface area contributed by atoms with Gasteiger partial charge in [-0.2, -0.15) is 8.78 Å². The Hall–Kier alpha value is -4.16. The number of nitrogens with one attached hydrogen (secondary N) is 2. The largest absolute Gasteiger partial charge is 0.481 e. The second-order valence-corrected chi connectivity index (χ2v) is 8.62. The second-order valence-electron chi connectivity index (χ2n) is 8.62. The van der Waals surface area contributed by atoms with E-state index in [0.717, 1.165) is 5.56 Å². The number of carboxylic acid groups (broad SMARTS) is 1. The number of carboxylic acids is 1. The number of piperidine rings is 1. The minimum Gasteiger partial charge on any atom is -0.481 e. The molecule has 0 bridgehead atoms. The SMILES string of the molecule is O=C(O)C[C@H](NC(=O)C1CCN(C(=O)NCc2ccccc2)CC1)C(=O)COc1c(F)c(F)cc(F)c1F. The summed E-state index contributed by atoms with van der Waals surface area (Å²) in [7, 11) is 0. The Morgan fingerprint density at radius 3 is 2.18 bits per heavy atom. The Morgan fingerprint density at radius 1 is 1.00 bits per heavy atom. The topological polar surface area (TPSA) is 125 Å². The van der Waals surface area contributed by atoms with Crippen molar-refractivity contribution in [2.45, 2.75) is 31.8 Å². The monoisotopic (exact) mass is 539 g/mol. The zero-order valence-corrected chi connectivity index (χ0v) is 20.0. The number of carbonyl (C=O) groups excluding carboxylic acids is 3. The van der Waals surface area contributed by atoms with Crippen LogP contribution in [-0.4, -0.2) is 59.4 Å². The van der Waals surface area contributed by atoms with E-state index < -0.39 is 71.7 Å². The highest BCUT2D eigenvalue weighted by molar-refractivity contribution is 5.93. The van der Waals surface area contributed by atoms with Crippen LogP contribution in [0.4, 0.5) is 22.4 Å². The van der Waals surface area contributed by atoms with Crippen molar-refractivity contribution >= 4 is 23.7 Å². The first kappa shape index (κ1) is 28.4. The molecule has 1 atom stereocenters. The summed E-state index contributed by atoms with van der Waals surface area (Å²) in [5.41, 5.74) is 0.918. The van der Waals surface area contributed by atoms with Gasteiger partial charge in [0.15, 0.2) is 23.2 Å². The van der Waals surface area contributed by atoms with E-state index in [4.69, 9.17) is 5.11 Å². The number of ketones is 1. The lowest BCUT2D eigenvalue weighted by molar-refractivity contribution is -0.141. The van der Waals surface area contributed by atoms with Crippen LogP contribution in [0.5, 0.6) is 5.75 Å². The van der Waals surface area contributed by atoms with E-state index in [1.165, 1.54) is 4.90 Å². The number of halogens is 4. The number of amides is 3. The van der Waals surface area contributed by atoms with Crippen molar-refractivity contribution in [3.05, 3.63) is 65.2 Å². The Bertz CT molecular complexity index is 1160. The number of nitrogens with zero attached hydrogens (tertiary/aromatic N) is 1. The molecule has 1 heterocycles. The van der Waals surface area contributed by atoms with Crippen LogP contribution in [0, 0.1) is 29.2 Å². The fourth-order valence-corrected chi connectivity index (χ4v) is 3.86. The summed E-state index contributed by atoms with van der Waals surface area (Å²) >= 11 is 0. The smallest absolute Gasteiger partial charge is 0.317 e. The average Bonchev–Trinajstić information content (AvgIpc) is 2.90. The molecule has 9 nitrogen and oxygen atoms in total. The third-order valence-corrected chi connectivity index (χ3v) is 5.95. The van der Waals surface area contributed by atoms with Gasteiger partial charge in [-0.25, -0.2) is 13.6 Å². The summed E-state index contributed by atoms with van der Waals surface area (Å²) in [6.45, 7) is -0.349. The van der Waals surface area contributed by atoms with Gasteiger partial charge in [-0.1, -0.05) is 30.3 Å². The molecular weight excluding hydrogens is 514 g/mol. The summed E-state index contributed by atoms with van der Waals surface area (Å²) in [4.78, 5) is 50.4. The minimum absolute atomic E-state index is 0.0367. The number of benzene rings is 2. The number of ether oxygens (including phenoxy) is 1. The van der Waals surface area contributed by atoms with Crippen molar-refractivity contribution in [1.82, 2.24) is 15.5 Å².